The highest BCUT2D eigenvalue weighted by Crippen LogP contribution is 2.29. The van der Waals surface area contributed by atoms with Crippen LogP contribution in [0.5, 0.6) is 5.75 Å². The molecule has 0 bridgehead atoms. The third kappa shape index (κ3) is 2.88. The summed E-state index contributed by atoms with van der Waals surface area (Å²) in [5, 5.41) is -0.116. The van der Waals surface area contributed by atoms with Crippen molar-refractivity contribution in [1.29, 1.82) is 0 Å². The molecule has 0 N–H and O–H groups in total. The van der Waals surface area contributed by atoms with E-state index in [4.69, 9.17) is 0 Å². The molecule has 0 fully saturated rings. The van der Waals surface area contributed by atoms with E-state index in [0.29, 0.717) is 5.56 Å². The third-order valence-electron chi connectivity index (χ3n) is 1.59. The van der Waals surface area contributed by atoms with Crippen molar-refractivity contribution < 1.29 is 13.5 Å². The van der Waals surface area contributed by atoms with Crippen LogP contribution in [-0.4, -0.2) is 6.61 Å². The number of benzene rings is 1. The molecule has 0 aliphatic rings. The fourth-order valence-corrected chi connectivity index (χ4v) is 1.24. The summed E-state index contributed by atoms with van der Waals surface area (Å²) in [6.45, 7) is -0.982. The molecule has 1 unspecified atom stereocenters. The van der Waals surface area contributed by atoms with E-state index in [2.05, 4.69) is 17.4 Å². The van der Waals surface area contributed by atoms with Crippen molar-refractivity contribution in [3.63, 3.8) is 0 Å². The topological polar surface area (TPSA) is 9.23 Å². The minimum atomic E-state index is -2.78. The highest BCUT2D eigenvalue weighted by atomic mass is 32.1. The molecule has 0 aromatic heterocycles. The fraction of sp³-hybridized carbons (Fsp3) is 0.333. The van der Waals surface area contributed by atoms with Gasteiger partial charge in [0.2, 0.25) is 0 Å². The van der Waals surface area contributed by atoms with Crippen LogP contribution in [0.15, 0.2) is 24.3 Å². The first-order chi connectivity index (χ1) is 6.11. The standard InChI is InChI=1S/C9H10F2OS/c1-6(13)7-4-2-3-5-8(7)12-9(10)11/h2-6,9,13H,1H3. The average molecular weight is 204 g/mol. The van der Waals surface area contributed by atoms with Gasteiger partial charge < -0.3 is 4.74 Å². The minimum Gasteiger partial charge on any atom is -0.435 e. The van der Waals surface area contributed by atoms with Crippen LogP contribution >= 0.6 is 12.6 Å². The second-order valence-electron chi connectivity index (χ2n) is 2.59. The molecule has 0 radical (unpaired) electrons. The molecule has 72 valence electrons. The minimum absolute atomic E-state index is 0.116. The summed E-state index contributed by atoms with van der Waals surface area (Å²) in [4.78, 5) is 0. The predicted molar refractivity (Wildman–Crippen MR) is 50.5 cm³/mol. The summed E-state index contributed by atoms with van der Waals surface area (Å²) >= 11 is 4.15. The van der Waals surface area contributed by atoms with Crippen molar-refractivity contribution in [2.24, 2.45) is 0 Å². The highest BCUT2D eigenvalue weighted by molar-refractivity contribution is 7.80. The molecule has 1 nitrogen and oxygen atoms in total. The van der Waals surface area contributed by atoms with E-state index in [0.717, 1.165) is 0 Å². The Morgan fingerprint density at radius 1 is 1.31 bits per heavy atom. The molecule has 1 rings (SSSR count). The van der Waals surface area contributed by atoms with Gasteiger partial charge in [0.05, 0.1) is 0 Å². The second-order valence-corrected chi connectivity index (χ2v) is 3.37. The number of halogens is 2. The van der Waals surface area contributed by atoms with E-state index in [9.17, 15) is 8.78 Å². The SMILES string of the molecule is CC(S)c1ccccc1OC(F)F. The normalized spacial score (nSPS) is 13.0. The van der Waals surface area contributed by atoms with Gasteiger partial charge in [-0.1, -0.05) is 18.2 Å². The lowest BCUT2D eigenvalue weighted by atomic mass is 10.1. The molecular weight excluding hydrogens is 194 g/mol. The van der Waals surface area contributed by atoms with Crippen LogP contribution in [0.4, 0.5) is 8.78 Å². The molecule has 0 spiro atoms. The Kier molecular flexibility index (Phi) is 3.54. The molecule has 1 aromatic carbocycles. The van der Waals surface area contributed by atoms with Crippen LogP contribution in [-0.2, 0) is 0 Å². The Balaban J connectivity index is 2.91. The van der Waals surface area contributed by atoms with Crippen molar-refractivity contribution in [2.75, 3.05) is 0 Å². The predicted octanol–water partition coefficient (Wildman–Crippen LogP) is 3.28. The lowest BCUT2D eigenvalue weighted by Gasteiger charge is -2.11. The highest BCUT2D eigenvalue weighted by Gasteiger charge is 2.11. The van der Waals surface area contributed by atoms with Crippen LogP contribution in [0.25, 0.3) is 0 Å². The average Bonchev–Trinajstić information content (AvgIpc) is 2.03. The Bertz CT molecular complexity index is 276. The Labute approximate surface area is 81.1 Å². The molecule has 4 heteroatoms. The quantitative estimate of drug-likeness (QED) is 0.743. The van der Waals surface area contributed by atoms with Crippen molar-refractivity contribution in [2.45, 2.75) is 18.8 Å². The van der Waals surface area contributed by atoms with E-state index in [1.54, 1.807) is 25.1 Å². The Hall–Kier alpha value is -0.770. The maximum Gasteiger partial charge on any atom is 0.387 e. The Morgan fingerprint density at radius 2 is 1.92 bits per heavy atom. The summed E-state index contributed by atoms with van der Waals surface area (Å²) in [5.41, 5.74) is 0.672. The smallest absolute Gasteiger partial charge is 0.387 e. The van der Waals surface area contributed by atoms with Crippen molar-refractivity contribution in [3.05, 3.63) is 29.8 Å². The molecule has 1 atom stereocenters. The zero-order valence-electron chi connectivity index (χ0n) is 7.08. The summed E-state index contributed by atoms with van der Waals surface area (Å²) < 4.78 is 28.2. The van der Waals surface area contributed by atoms with Gasteiger partial charge in [-0.25, -0.2) is 0 Å². The molecule has 0 saturated heterocycles. The van der Waals surface area contributed by atoms with Gasteiger partial charge >= 0.3 is 6.61 Å². The van der Waals surface area contributed by atoms with Gasteiger partial charge in [-0.05, 0) is 13.0 Å². The van der Waals surface area contributed by atoms with Gasteiger partial charge in [0, 0.05) is 10.8 Å². The summed E-state index contributed by atoms with van der Waals surface area (Å²) in [7, 11) is 0. The summed E-state index contributed by atoms with van der Waals surface area (Å²) in [6.07, 6.45) is 0. The maximum atomic E-state index is 11.9. The number of rotatable bonds is 3. The monoisotopic (exact) mass is 204 g/mol. The van der Waals surface area contributed by atoms with Gasteiger partial charge in [0.25, 0.3) is 0 Å². The number of ether oxygens (including phenoxy) is 1. The van der Waals surface area contributed by atoms with Crippen LogP contribution in [0.3, 0.4) is 0 Å². The first-order valence-corrected chi connectivity index (χ1v) is 4.34. The first-order valence-electron chi connectivity index (χ1n) is 3.83. The van der Waals surface area contributed by atoms with Crippen molar-refractivity contribution in [3.8, 4) is 5.75 Å². The van der Waals surface area contributed by atoms with Gasteiger partial charge in [0.15, 0.2) is 0 Å². The van der Waals surface area contributed by atoms with E-state index >= 15 is 0 Å². The number of thiol groups is 1. The van der Waals surface area contributed by atoms with Crippen LogP contribution in [0.1, 0.15) is 17.7 Å². The first kappa shape index (κ1) is 10.3. The van der Waals surface area contributed by atoms with Gasteiger partial charge in [0.1, 0.15) is 5.75 Å². The van der Waals surface area contributed by atoms with Crippen molar-refractivity contribution >= 4 is 12.6 Å². The third-order valence-corrected chi connectivity index (χ3v) is 1.86. The van der Waals surface area contributed by atoms with Crippen LogP contribution in [0, 0.1) is 0 Å². The van der Waals surface area contributed by atoms with E-state index < -0.39 is 6.61 Å². The molecule has 0 amide bonds. The lowest BCUT2D eigenvalue weighted by molar-refractivity contribution is -0.0504. The number of hydrogen-bond acceptors (Lipinski definition) is 2. The van der Waals surface area contributed by atoms with Crippen LogP contribution < -0.4 is 4.74 Å². The molecule has 1 aromatic rings. The zero-order chi connectivity index (χ0) is 9.84. The van der Waals surface area contributed by atoms with Crippen LogP contribution in [0.2, 0.25) is 0 Å². The molecule has 0 aliphatic carbocycles. The van der Waals surface area contributed by atoms with Gasteiger partial charge in [-0.15, -0.1) is 0 Å². The summed E-state index contributed by atoms with van der Waals surface area (Å²) in [6, 6.07) is 6.64. The molecule has 0 heterocycles. The molecule has 0 aliphatic heterocycles. The number of para-hydroxylation sites is 1. The lowest BCUT2D eigenvalue weighted by Crippen LogP contribution is -2.04. The Morgan fingerprint density at radius 3 is 2.46 bits per heavy atom. The number of alkyl halides is 2. The zero-order valence-corrected chi connectivity index (χ0v) is 7.97. The second kappa shape index (κ2) is 4.46. The summed E-state index contributed by atoms with van der Waals surface area (Å²) in [5.74, 6) is 0.194. The number of hydrogen-bond donors (Lipinski definition) is 1. The molecule has 13 heavy (non-hydrogen) atoms. The van der Waals surface area contributed by atoms with Gasteiger partial charge in [-0.3, -0.25) is 0 Å². The van der Waals surface area contributed by atoms with E-state index in [1.807, 2.05) is 0 Å². The fourth-order valence-electron chi connectivity index (χ4n) is 1.03. The molecule has 0 saturated carbocycles. The largest absolute Gasteiger partial charge is 0.435 e. The molecular formula is C9H10F2OS. The van der Waals surface area contributed by atoms with E-state index in [1.165, 1.54) is 6.07 Å². The van der Waals surface area contributed by atoms with Gasteiger partial charge in [-0.2, -0.15) is 21.4 Å². The van der Waals surface area contributed by atoms with E-state index in [-0.39, 0.29) is 11.0 Å². The maximum absolute atomic E-state index is 11.9. The van der Waals surface area contributed by atoms with Crippen molar-refractivity contribution in [1.82, 2.24) is 0 Å².